The van der Waals surface area contributed by atoms with E-state index in [2.05, 4.69) is 0 Å². The maximum atomic E-state index is 10.9. The molecule has 0 unspecified atom stereocenters. The molecule has 0 saturated carbocycles. The predicted octanol–water partition coefficient (Wildman–Crippen LogP) is 3.61. The Balaban J connectivity index is 2.90. The second kappa shape index (κ2) is 5.75. The molecule has 1 rings (SSSR count). The third-order valence-corrected chi connectivity index (χ3v) is 2.71. The second-order valence-corrected chi connectivity index (χ2v) is 3.91. The summed E-state index contributed by atoms with van der Waals surface area (Å²) >= 11 is 5.76. The van der Waals surface area contributed by atoms with Gasteiger partial charge in [0.05, 0.1) is 16.7 Å². The van der Waals surface area contributed by atoms with Crippen LogP contribution in [0.3, 0.4) is 0 Å². The van der Waals surface area contributed by atoms with Gasteiger partial charge in [0, 0.05) is 0 Å². The summed E-state index contributed by atoms with van der Waals surface area (Å²) in [4.78, 5) is 10.9. The van der Waals surface area contributed by atoms with Gasteiger partial charge in [0.2, 0.25) is 0 Å². The van der Waals surface area contributed by atoms with Crippen molar-refractivity contribution in [3.05, 3.63) is 28.8 Å². The average Bonchev–Trinajstić information content (AvgIpc) is 2.27. The van der Waals surface area contributed by atoms with E-state index in [1.54, 1.807) is 12.1 Å². The highest BCUT2D eigenvalue weighted by Crippen LogP contribution is 2.23. The lowest BCUT2D eigenvalue weighted by Gasteiger charge is -2.16. The molecule has 0 aromatic heterocycles. The highest BCUT2D eigenvalue weighted by molar-refractivity contribution is 6.33. The van der Waals surface area contributed by atoms with Crippen LogP contribution in [-0.4, -0.2) is 17.2 Å². The molecule has 0 bridgehead atoms. The van der Waals surface area contributed by atoms with Crippen molar-refractivity contribution in [2.45, 2.75) is 32.8 Å². The summed E-state index contributed by atoms with van der Waals surface area (Å²) in [5, 5.41) is 9.12. The van der Waals surface area contributed by atoms with Crippen molar-refractivity contribution >= 4 is 17.6 Å². The van der Waals surface area contributed by atoms with E-state index in [1.807, 2.05) is 13.8 Å². The zero-order valence-electron chi connectivity index (χ0n) is 9.37. The van der Waals surface area contributed by atoms with Gasteiger partial charge in [0.15, 0.2) is 0 Å². The van der Waals surface area contributed by atoms with Crippen LogP contribution < -0.4 is 4.74 Å². The van der Waals surface area contributed by atoms with E-state index in [0.29, 0.717) is 5.75 Å². The Bertz CT molecular complexity index is 373. The molecule has 88 valence electrons. The molecule has 4 heteroatoms. The Morgan fingerprint density at radius 3 is 2.56 bits per heavy atom. The summed E-state index contributed by atoms with van der Waals surface area (Å²) in [6.45, 7) is 4.06. The minimum atomic E-state index is -1.04. The van der Waals surface area contributed by atoms with E-state index in [9.17, 15) is 4.79 Å². The molecule has 3 nitrogen and oxygen atoms in total. The number of carboxylic acids is 1. The minimum absolute atomic E-state index is 0.0742. The van der Waals surface area contributed by atoms with Crippen LogP contribution in [0.5, 0.6) is 5.75 Å². The van der Waals surface area contributed by atoms with Crippen LogP contribution in [0.15, 0.2) is 18.2 Å². The molecule has 1 N–H and O–H groups in total. The molecule has 1 aromatic carbocycles. The van der Waals surface area contributed by atoms with E-state index in [-0.39, 0.29) is 16.7 Å². The molecular formula is C12H15ClO3. The van der Waals surface area contributed by atoms with Gasteiger partial charge in [-0.25, -0.2) is 4.79 Å². The first-order valence-corrected chi connectivity index (χ1v) is 5.65. The number of carbonyl (C=O) groups is 1. The number of ether oxygens (including phenoxy) is 1. The number of hydrogen-bond donors (Lipinski definition) is 1. The molecule has 0 aliphatic rings. The van der Waals surface area contributed by atoms with Crippen LogP contribution >= 0.6 is 11.6 Å². The quantitative estimate of drug-likeness (QED) is 0.858. The molecule has 0 fully saturated rings. The fraction of sp³-hybridized carbons (Fsp3) is 0.417. The Morgan fingerprint density at radius 2 is 2.06 bits per heavy atom. The van der Waals surface area contributed by atoms with Crippen LogP contribution in [0.1, 0.15) is 37.0 Å². The Kier molecular flexibility index (Phi) is 4.62. The SMILES string of the molecule is CCC(CC)Oc1ccc(Cl)c(C(=O)O)c1. The summed E-state index contributed by atoms with van der Waals surface area (Å²) < 4.78 is 5.64. The van der Waals surface area contributed by atoms with Crippen molar-refractivity contribution in [1.82, 2.24) is 0 Å². The summed E-state index contributed by atoms with van der Waals surface area (Å²) in [6.07, 6.45) is 1.89. The van der Waals surface area contributed by atoms with Gasteiger partial charge >= 0.3 is 5.97 Å². The van der Waals surface area contributed by atoms with E-state index < -0.39 is 5.97 Å². The molecule has 0 aliphatic carbocycles. The second-order valence-electron chi connectivity index (χ2n) is 3.50. The van der Waals surface area contributed by atoms with Gasteiger partial charge in [0.25, 0.3) is 0 Å². The monoisotopic (exact) mass is 242 g/mol. The van der Waals surface area contributed by atoms with Crippen LogP contribution in [0.4, 0.5) is 0 Å². The molecule has 0 aliphatic heterocycles. The largest absolute Gasteiger partial charge is 0.490 e. The summed E-state index contributed by atoms with van der Waals surface area (Å²) in [7, 11) is 0. The van der Waals surface area contributed by atoms with Crippen molar-refractivity contribution in [2.24, 2.45) is 0 Å². The van der Waals surface area contributed by atoms with Gasteiger partial charge in [-0.1, -0.05) is 25.4 Å². The molecule has 0 atom stereocenters. The molecule has 0 radical (unpaired) electrons. The maximum absolute atomic E-state index is 10.9. The van der Waals surface area contributed by atoms with Crippen molar-refractivity contribution in [2.75, 3.05) is 0 Å². The first-order valence-electron chi connectivity index (χ1n) is 5.28. The van der Waals surface area contributed by atoms with Crippen LogP contribution in [0, 0.1) is 0 Å². The van der Waals surface area contributed by atoms with Gasteiger partial charge < -0.3 is 9.84 Å². The first kappa shape index (κ1) is 12.8. The van der Waals surface area contributed by atoms with E-state index in [1.165, 1.54) is 6.07 Å². The number of aromatic carboxylic acids is 1. The van der Waals surface area contributed by atoms with Gasteiger partial charge in [0.1, 0.15) is 5.75 Å². The average molecular weight is 243 g/mol. The number of carboxylic acid groups (broad SMARTS) is 1. The molecule has 16 heavy (non-hydrogen) atoms. The van der Waals surface area contributed by atoms with Gasteiger partial charge in [-0.2, -0.15) is 0 Å². The molecular weight excluding hydrogens is 228 g/mol. The Morgan fingerprint density at radius 1 is 1.44 bits per heavy atom. The molecule has 0 saturated heterocycles. The highest BCUT2D eigenvalue weighted by Gasteiger charge is 2.11. The third kappa shape index (κ3) is 3.14. The summed E-state index contributed by atoms with van der Waals surface area (Å²) in [5.41, 5.74) is 0.0742. The fourth-order valence-corrected chi connectivity index (χ4v) is 1.59. The molecule has 0 spiro atoms. The van der Waals surface area contributed by atoms with Crippen molar-refractivity contribution in [1.29, 1.82) is 0 Å². The number of hydrogen-bond acceptors (Lipinski definition) is 2. The first-order chi connectivity index (χ1) is 7.58. The lowest BCUT2D eigenvalue weighted by Crippen LogP contribution is -2.14. The standard InChI is InChI=1S/C12H15ClO3/c1-3-8(4-2)16-9-5-6-11(13)10(7-9)12(14)15/h5-8H,3-4H2,1-2H3,(H,14,15). The third-order valence-electron chi connectivity index (χ3n) is 2.38. The van der Waals surface area contributed by atoms with Crippen LogP contribution in [0.2, 0.25) is 5.02 Å². The normalized spacial score (nSPS) is 10.5. The fourth-order valence-electron chi connectivity index (χ4n) is 1.39. The van der Waals surface area contributed by atoms with Crippen molar-refractivity contribution in [3.63, 3.8) is 0 Å². The van der Waals surface area contributed by atoms with Crippen LogP contribution in [-0.2, 0) is 0 Å². The number of benzene rings is 1. The van der Waals surface area contributed by atoms with E-state index >= 15 is 0 Å². The lowest BCUT2D eigenvalue weighted by molar-refractivity contribution is 0.0696. The zero-order valence-corrected chi connectivity index (χ0v) is 10.1. The number of rotatable bonds is 5. The van der Waals surface area contributed by atoms with Gasteiger partial charge in [-0.05, 0) is 31.0 Å². The maximum Gasteiger partial charge on any atom is 0.337 e. The van der Waals surface area contributed by atoms with Crippen LogP contribution in [0.25, 0.3) is 0 Å². The van der Waals surface area contributed by atoms with Gasteiger partial charge in [-0.15, -0.1) is 0 Å². The zero-order chi connectivity index (χ0) is 12.1. The Labute approximate surface area is 100.0 Å². The Hall–Kier alpha value is -1.22. The molecule has 0 heterocycles. The summed E-state index contributed by atoms with van der Waals surface area (Å²) in [5.74, 6) is -0.490. The van der Waals surface area contributed by atoms with Gasteiger partial charge in [-0.3, -0.25) is 0 Å². The van der Waals surface area contributed by atoms with Crippen molar-refractivity contribution in [3.8, 4) is 5.75 Å². The molecule has 1 aromatic rings. The summed E-state index contributed by atoms with van der Waals surface area (Å²) in [6, 6.07) is 4.69. The van der Waals surface area contributed by atoms with E-state index in [4.69, 9.17) is 21.4 Å². The van der Waals surface area contributed by atoms with E-state index in [0.717, 1.165) is 12.8 Å². The topological polar surface area (TPSA) is 46.5 Å². The minimum Gasteiger partial charge on any atom is -0.490 e. The molecule has 0 amide bonds. The lowest BCUT2D eigenvalue weighted by atomic mass is 10.2. The highest BCUT2D eigenvalue weighted by atomic mass is 35.5. The predicted molar refractivity (Wildman–Crippen MR) is 63.4 cm³/mol. The smallest absolute Gasteiger partial charge is 0.337 e. The van der Waals surface area contributed by atoms with Crippen molar-refractivity contribution < 1.29 is 14.6 Å². The number of halogens is 1.